The van der Waals surface area contributed by atoms with E-state index in [0.29, 0.717) is 11.5 Å². The summed E-state index contributed by atoms with van der Waals surface area (Å²) in [7, 11) is 0. The lowest BCUT2D eigenvalue weighted by atomic mass is 10.4. The summed E-state index contributed by atoms with van der Waals surface area (Å²) in [4.78, 5) is 15.1. The second kappa shape index (κ2) is 5.65. The Morgan fingerprint density at radius 3 is 3.06 bits per heavy atom. The van der Waals surface area contributed by atoms with Crippen LogP contribution >= 0.6 is 15.9 Å². The van der Waals surface area contributed by atoms with Crippen molar-refractivity contribution in [2.45, 2.75) is 6.61 Å². The van der Waals surface area contributed by atoms with Crippen LogP contribution in [-0.2, 0) is 6.61 Å². The first kappa shape index (κ1) is 12.6. The Morgan fingerprint density at radius 1 is 1.50 bits per heavy atom. The molecule has 0 saturated carbocycles. The Hall–Kier alpha value is -1.86. The molecule has 0 bridgehead atoms. The zero-order valence-electron chi connectivity index (χ0n) is 9.22. The predicted molar refractivity (Wildman–Crippen MR) is 66.6 cm³/mol. The average Bonchev–Trinajstić information content (AvgIpc) is 2.84. The SMILES string of the molecule is NNC(=O)c1ccc(COc2cncc(Br)c2)o1. The molecule has 2 heterocycles. The molecule has 2 rings (SSSR count). The number of nitrogen functional groups attached to an aromatic ring is 1. The van der Waals surface area contributed by atoms with Gasteiger partial charge in [-0.1, -0.05) is 0 Å². The Kier molecular flexibility index (Phi) is 3.96. The molecule has 0 unspecified atom stereocenters. The second-order valence-corrected chi connectivity index (χ2v) is 4.28. The number of aromatic nitrogens is 1. The molecule has 6 nitrogen and oxygen atoms in total. The van der Waals surface area contributed by atoms with E-state index in [1.54, 1.807) is 24.5 Å². The molecule has 0 aliphatic carbocycles. The monoisotopic (exact) mass is 311 g/mol. The Bertz CT molecular complexity index is 556. The van der Waals surface area contributed by atoms with E-state index < -0.39 is 5.91 Å². The van der Waals surface area contributed by atoms with Crippen molar-refractivity contribution >= 4 is 21.8 Å². The van der Waals surface area contributed by atoms with Crippen LogP contribution in [0.2, 0.25) is 0 Å². The summed E-state index contributed by atoms with van der Waals surface area (Å²) in [6.45, 7) is 0.204. The molecule has 0 spiro atoms. The van der Waals surface area contributed by atoms with E-state index in [1.165, 1.54) is 6.07 Å². The van der Waals surface area contributed by atoms with Gasteiger partial charge in [0.2, 0.25) is 0 Å². The number of ether oxygens (including phenoxy) is 1. The van der Waals surface area contributed by atoms with Gasteiger partial charge in [0.25, 0.3) is 0 Å². The Morgan fingerprint density at radius 2 is 2.33 bits per heavy atom. The first-order valence-corrected chi connectivity index (χ1v) is 5.81. The van der Waals surface area contributed by atoms with Gasteiger partial charge >= 0.3 is 5.91 Å². The molecule has 1 amide bonds. The van der Waals surface area contributed by atoms with E-state index in [0.717, 1.165) is 4.47 Å². The number of nitrogens with zero attached hydrogens (tertiary/aromatic N) is 1. The highest BCUT2D eigenvalue weighted by Gasteiger charge is 2.09. The highest BCUT2D eigenvalue weighted by atomic mass is 79.9. The average molecular weight is 312 g/mol. The van der Waals surface area contributed by atoms with Crippen molar-refractivity contribution in [3.05, 3.63) is 46.6 Å². The lowest BCUT2D eigenvalue weighted by molar-refractivity contribution is 0.0922. The molecule has 0 aliphatic rings. The maximum absolute atomic E-state index is 11.2. The number of nitrogens with two attached hydrogens (primary N) is 1. The molecule has 0 aliphatic heterocycles. The van der Waals surface area contributed by atoms with Crippen molar-refractivity contribution < 1.29 is 13.9 Å². The minimum absolute atomic E-state index is 0.142. The predicted octanol–water partition coefficient (Wildman–Crippen LogP) is 1.62. The van der Waals surface area contributed by atoms with Crippen LogP contribution in [0.4, 0.5) is 0 Å². The molecule has 7 heteroatoms. The summed E-state index contributed by atoms with van der Waals surface area (Å²) in [5.41, 5.74) is 1.99. The van der Waals surface area contributed by atoms with Crippen LogP contribution in [0.1, 0.15) is 16.3 Å². The van der Waals surface area contributed by atoms with Crippen LogP contribution in [-0.4, -0.2) is 10.9 Å². The number of amides is 1. The van der Waals surface area contributed by atoms with E-state index in [2.05, 4.69) is 20.9 Å². The topological polar surface area (TPSA) is 90.4 Å². The van der Waals surface area contributed by atoms with Gasteiger partial charge in [-0.25, -0.2) is 5.84 Å². The fourth-order valence-corrected chi connectivity index (χ4v) is 1.62. The van der Waals surface area contributed by atoms with Gasteiger partial charge in [0, 0.05) is 10.7 Å². The number of halogens is 1. The van der Waals surface area contributed by atoms with Crippen molar-refractivity contribution in [3.63, 3.8) is 0 Å². The number of rotatable bonds is 4. The number of carbonyl (C=O) groups excluding carboxylic acids is 1. The molecule has 94 valence electrons. The molecule has 2 aromatic rings. The molecular weight excluding hydrogens is 302 g/mol. The standard InChI is InChI=1S/C11H10BrN3O3/c12-7-3-9(5-14-4-7)17-6-8-1-2-10(18-8)11(16)15-13/h1-5H,6,13H2,(H,15,16). The van der Waals surface area contributed by atoms with Crippen LogP contribution in [0.5, 0.6) is 5.75 Å². The molecule has 0 fully saturated rings. The quantitative estimate of drug-likeness (QED) is 0.508. The lowest BCUT2D eigenvalue weighted by Gasteiger charge is -2.03. The number of hydrazine groups is 1. The number of hydrogen-bond donors (Lipinski definition) is 2. The molecule has 0 atom stereocenters. The van der Waals surface area contributed by atoms with E-state index >= 15 is 0 Å². The van der Waals surface area contributed by atoms with Gasteiger partial charge in [-0.2, -0.15) is 0 Å². The third kappa shape index (κ3) is 3.08. The zero-order valence-corrected chi connectivity index (χ0v) is 10.8. The van der Waals surface area contributed by atoms with Crippen molar-refractivity contribution in [2.75, 3.05) is 0 Å². The summed E-state index contributed by atoms with van der Waals surface area (Å²) in [6, 6.07) is 4.96. The van der Waals surface area contributed by atoms with Crippen molar-refractivity contribution in [1.82, 2.24) is 10.4 Å². The second-order valence-electron chi connectivity index (χ2n) is 3.37. The smallest absolute Gasteiger partial charge is 0.300 e. The summed E-state index contributed by atoms with van der Waals surface area (Å²) in [5.74, 6) is 5.78. The normalized spacial score (nSPS) is 10.1. The fraction of sp³-hybridized carbons (Fsp3) is 0.0909. The molecule has 18 heavy (non-hydrogen) atoms. The van der Waals surface area contributed by atoms with Gasteiger partial charge in [0.05, 0.1) is 6.20 Å². The van der Waals surface area contributed by atoms with Gasteiger partial charge < -0.3 is 9.15 Å². The first-order valence-electron chi connectivity index (χ1n) is 5.02. The Labute approximate surface area is 111 Å². The molecule has 2 aromatic heterocycles. The number of nitrogens with one attached hydrogen (secondary N) is 1. The van der Waals surface area contributed by atoms with Gasteiger partial charge in [-0.3, -0.25) is 15.2 Å². The van der Waals surface area contributed by atoms with Gasteiger partial charge in [0.15, 0.2) is 5.76 Å². The summed E-state index contributed by atoms with van der Waals surface area (Å²) in [6.07, 6.45) is 3.24. The van der Waals surface area contributed by atoms with E-state index in [1.807, 2.05) is 5.43 Å². The van der Waals surface area contributed by atoms with E-state index in [9.17, 15) is 4.79 Å². The minimum Gasteiger partial charge on any atom is -0.484 e. The largest absolute Gasteiger partial charge is 0.484 e. The molecular formula is C11H10BrN3O3. The number of furan rings is 1. The number of hydrogen-bond acceptors (Lipinski definition) is 5. The van der Waals surface area contributed by atoms with Gasteiger partial charge in [-0.15, -0.1) is 0 Å². The van der Waals surface area contributed by atoms with E-state index in [4.69, 9.17) is 15.0 Å². The molecule has 3 N–H and O–H groups in total. The van der Waals surface area contributed by atoms with Crippen LogP contribution in [0.3, 0.4) is 0 Å². The third-order valence-electron chi connectivity index (χ3n) is 2.08. The van der Waals surface area contributed by atoms with Crippen LogP contribution in [0.15, 0.2) is 39.5 Å². The summed E-state index contributed by atoms with van der Waals surface area (Å²) >= 11 is 3.29. The van der Waals surface area contributed by atoms with Gasteiger partial charge in [0.1, 0.15) is 18.1 Å². The summed E-state index contributed by atoms with van der Waals surface area (Å²) < 4.78 is 11.5. The fourth-order valence-electron chi connectivity index (χ4n) is 1.27. The molecule has 0 saturated heterocycles. The molecule has 0 aromatic carbocycles. The van der Waals surface area contributed by atoms with Crippen molar-refractivity contribution in [2.24, 2.45) is 5.84 Å². The maximum Gasteiger partial charge on any atom is 0.300 e. The van der Waals surface area contributed by atoms with Crippen LogP contribution < -0.4 is 16.0 Å². The van der Waals surface area contributed by atoms with Gasteiger partial charge in [-0.05, 0) is 34.1 Å². The Balaban J connectivity index is 1.98. The molecule has 0 radical (unpaired) electrons. The number of pyridine rings is 1. The highest BCUT2D eigenvalue weighted by molar-refractivity contribution is 9.10. The first-order chi connectivity index (χ1) is 8.69. The highest BCUT2D eigenvalue weighted by Crippen LogP contribution is 2.17. The van der Waals surface area contributed by atoms with E-state index in [-0.39, 0.29) is 12.4 Å². The summed E-state index contributed by atoms with van der Waals surface area (Å²) in [5, 5.41) is 0. The van der Waals surface area contributed by atoms with Crippen LogP contribution in [0.25, 0.3) is 0 Å². The third-order valence-corrected chi connectivity index (χ3v) is 2.51. The zero-order chi connectivity index (χ0) is 13.0. The maximum atomic E-state index is 11.2. The number of carbonyl (C=O) groups is 1. The lowest BCUT2D eigenvalue weighted by Crippen LogP contribution is -2.29. The van der Waals surface area contributed by atoms with Crippen molar-refractivity contribution in [3.8, 4) is 5.75 Å². The van der Waals surface area contributed by atoms with Crippen molar-refractivity contribution in [1.29, 1.82) is 0 Å². The van der Waals surface area contributed by atoms with Crippen LogP contribution in [0, 0.1) is 0 Å². The minimum atomic E-state index is -0.481.